The molecule has 4 heteroatoms. The van der Waals surface area contributed by atoms with Crippen LogP contribution in [0.25, 0.3) is 0 Å². The summed E-state index contributed by atoms with van der Waals surface area (Å²) in [5.74, 6) is 0.0885. The summed E-state index contributed by atoms with van der Waals surface area (Å²) in [6, 6.07) is 7.75. The minimum absolute atomic E-state index is 0.0885. The van der Waals surface area contributed by atoms with Gasteiger partial charge in [-0.1, -0.05) is 28.1 Å². The SMILES string of the molecule is CC1([N+](=O)[O-])CC1c1ccc(Br)cc1. The molecule has 0 spiro atoms. The van der Waals surface area contributed by atoms with Crippen molar-refractivity contribution in [2.45, 2.75) is 24.8 Å². The second-order valence-electron chi connectivity index (χ2n) is 3.92. The maximum absolute atomic E-state index is 10.7. The fraction of sp³-hybridized carbons (Fsp3) is 0.400. The number of nitrogens with zero attached hydrogens (tertiary/aromatic N) is 1. The molecule has 2 unspecified atom stereocenters. The van der Waals surface area contributed by atoms with Gasteiger partial charge in [0.1, 0.15) is 0 Å². The van der Waals surface area contributed by atoms with E-state index in [1.165, 1.54) is 0 Å². The topological polar surface area (TPSA) is 43.1 Å². The summed E-state index contributed by atoms with van der Waals surface area (Å²) in [5.41, 5.74) is 0.334. The highest BCUT2D eigenvalue weighted by atomic mass is 79.9. The third-order valence-electron chi connectivity index (χ3n) is 2.90. The molecule has 2 atom stereocenters. The Bertz CT molecular complexity index is 376. The van der Waals surface area contributed by atoms with Crippen LogP contribution in [0.5, 0.6) is 0 Å². The van der Waals surface area contributed by atoms with Crippen molar-refractivity contribution in [3.05, 3.63) is 44.4 Å². The van der Waals surface area contributed by atoms with Crippen molar-refractivity contribution >= 4 is 15.9 Å². The van der Waals surface area contributed by atoms with E-state index in [9.17, 15) is 10.1 Å². The standard InChI is InChI=1S/C10H10BrNO2/c1-10(12(13)14)6-9(10)7-2-4-8(11)5-3-7/h2-5,9H,6H2,1H3. The first kappa shape index (κ1) is 9.65. The van der Waals surface area contributed by atoms with Gasteiger partial charge in [-0.05, 0) is 17.7 Å². The van der Waals surface area contributed by atoms with Crippen LogP contribution < -0.4 is 0 Å². The minimum Gasteiger partial charge on any atom is -0.264 e. The van der Waals surface area contributed by atoms with Gasteiger partial charge in [0.2, 0.25) is 5.54 Å². The van der Waals surface area contributed by atoms with Crippen molar-refractivity contribution in [1.82, 2.24) is 0 Å². The van der Waals surface area contributed by atoms with Crippen LogP contribution in [-0.2, 0) is 0 Å². The van der Waals surface area contributed by atoms with Crippen molar-refractivity contribution in [1.29, 1.82) is 0 Å². The Hall–Kier alpha value is -0.900. The molecule has 1 aliphatic carbocycles. The Balaban J connectivity index is 2.21. The maximum Gasteiger partial charge on any atom is 0.227 e. The van der Waals surface area contributed by atoms with Crippen molar-refractivity contribution in [3.8, 4) is 0 Å². The van der Waals surface area contributed by atoms with Gasteiger partial charge in [-0.2, -0.15) is 0 Å². The molecule has 3 nitrogen and oxygen atoms in total. The zero-order chi connectivity index (χ0) is 10.3. The number of hydrogen-bond donors (Lipinski definition) is 0. The second-order valence-corrected chi connectivity index (χ2v) is 4.84. The molecule has 0 amide bonds. The van der Waals surface area contributed by atoms with E-state index >= 15 is 0 Å². The molecule has 2 rings (SSSR count). The molecule has 1 aromatic carbocycles. The fourth-order valence-electron chi connectivity index (χ4n) is 1.73. The lowest BCUT2D eigenvalue weighted by Crippen LogP contribution is -2.18. The fourth-order valence-corrected chi connectivity index (χ4v) is 1.99. The zero-order valence-corrected chi connectivity index (χ0v) is 9.32. The van der Waals surface area contributed by atoms with E-state index in [0.717, 1.165) is 10.0 Å². The third-order valence-corrected chi connectivity index (χ3v) is 3.43. The van der Waals surface area contributed by atoms with E-state index in [2.05, 4.69) is 15.9 Å². The van der Waals surface area contributed by atoms with Crippen LogP contribution in [0.2, 0.25) is 0 Å². The first-order valence-corrected chi connectivity index (χ1v) is 5.23. The average molecular weight is 256 g/mol. The number of hydrogen-bond acceptors (Lipinski definition) is 2. The summed E-state index contributed by atoms with van der Waals surface area (Å²) in [6.07, 6.45) is 0.654. The van der Waals surface area contributed by atoms with Crippen molar-refractivity contribution in [2.24, 2.45) is 0 Å². The van der Waals surface area contributed by atoms with Gasteiger partial charge in [0.15, 0.2) is 0 Å². The number of nitro groups is 1. The van der Waals surface area contributed by atoms with Crippen LogP contribution in [0.4, 0.5) is 0 Å². The van der Waals surface area contributed by atoms with Gasteiger partial charge < -0.3 is 0 Å². The van der Waals surface area contributed by atoms with Gasteiger partial charge in [-0.15, -0.1) is 0 Å². The molecule has 0 saturated heterocycles. The van der Waals surface area contributed by atoms with Gasteiger partial charge in [0.05, 0.1) is 5.92 Å². The van der Waals surface area contributed by atoms with E-state index in [1.54, 1.807) is 6.92 Å². The van der Waals surface area contributed by atoms with E-state index in [1.807, 2.05) is 24.3 Å². The zero-order valence-electron chi connectivity index (χ0n) is 7.74. The monoisotopic (exact) mass is 255 g/mol. The van der Waals surface area contributed by atoms with Crippen molar-refractivity contribution < 1.29 is 4.92 Å². The summed E-state index contributed by atoms with van der Waals surface area (Å²) >= 11 is 3.34. The Labute approximate surface area is 90.4 Å². The van der Waals surface area contributed by atoms with Crippen molar-refractivity contribution in [2.75, 3.05) is 0 Å². The van der Waals surface area contributed by atoms with Gasteiger partial charge in [0.25, 0.3) is 0 Å². The highest BCUT2D eigenvalue weighted by Gasteiger charge is 2.62. The van der Waals surface area contributed by atoms with Gasteiger partial charge in [-0.3, -0.25) is 10.1 Å². The molecule has 0 radical (unpaired) electrons. The van der Waals surface area contributed by atoms with E-state index < -0.39 is 5.54 Å². The molecule has 14 heavy (non-hydrogen) atoms. The smallest absolute Gasteiger partial charge is 0.227 e. The quantitative estimate of drug-likeness (QED) is 0.603. The molecule has 0 heterocycles. The van der Waals surface area contributed by atoms with Gasteiger partial charge >= 0.3 is 0 Å². The van der Waals surface area contributed by atoms with Crippen LogP contribution in [0.15, 0.2) is 28.7 Å². The van der Waals surface area contributed by atoms with Crippen LogP contribution in [-0.4, -0.2) is 10.5 Å². The summed E-state index contributed by atoms with van der Waals surface area (Å²) in [4.78, 5) is 10.6. The Kier molecular flexibility index (Phi) is 2.10. The van der Waals surface area contributed by atoms with Crippen LogP contribution in [0, 0.1) is 10.1 Å². The molecular weight excluding hydrogens is 246 g/mol. The Morgan fingerprint density at radius 1 is 1.50 bits per heavy atom. The second kappa shape index (κ2) is 3.05. The summed E-state index contributed by atoms with van der Waals surface area (Å²) in [5, 5.41) is 10.7. The predicted molar refractivity (Wildman–Crippen MR) is 56.9 cm³/mol. The first-order valence-electron chi connectivity index (χ1n) is 4.44. The van der Waals surface area contributed by atoms with Crippen molar-refractivity contribution in [3.63, 3.8) is 0 Å². The average Bonchev–Trinajstić information content (AvgIpc) is 2.81. The van der Waals surface area contributed by atoms with E-state index in [-0.39, 0.29) is 10.8 Å². The summed E-state index contributed by atoms with van der Waals surface area (Å²) in [7, 11) is 0. The highest BCUT2D eigenvalue weighted by Crippen LogP contribution is 2.53. The number of rotatable bonds is 2. The molecule has 1 aromatic rings. The minimum atomic E-state index is -0.728. The highest BCUT2D eigenvalue weighted by molar-refractivity contribution is 9.10. The molecule has 1 fully saturated rings. The molecule has 0 aromatic heterocycles. The molecule has 1 saturated carbocycles. The van der Waals surface area contributed by atoms with E-state index in [0.29, 0.717) is 6.42 Å². The molecule has 0 bridgehead atoms. The van der Waals surface area contributed by atoms with Crippen LogP contribution in [0.1, 0.15) is 24.8 Å². The lowest BCUT2D eigenvalue weighted by Gasteiger charge is -2.02. The Morgan fingerprint density at radius 3 is 2.50 bits per heavy atom. The van der Waals surface area contributed by atoms with Crippen LogP contribution in [0.3, 0.4) is 0 Å². The molecule has 0 aliphatic heterocycles. The number of halogens is 1. The summed E-state index contributed by atoms with van der Waals surface area (Å²) in [6.45, 7) is 1.71. The molecule has 74 valence electrons. The van der Waals surface area contributed by atoms with Gasteiger partial charge in [0, 0.05) is 22.7 Å². The lowest BCUT2D eigenvalue weighted by molar-refractivity contribution is -0.535. The molecule has 1 aliphatic rings. The van der Waals surface area contributed by atoms with E-state index in [4.69, 9.17) is 0 Å². The first-order chi connectivity index (χ1) is 6.54. The van der Waals surface area contributed by atoms with Gasteiger partial charge in [-0.25, -0.2) is 0 Å². The third kappa shape index (κ3) is 1.43. The van der Waals surface area contributed by atoms with Crippen LogP contribution >= 0.6 is 15.9 Å². The normalized spacial score (nSPS) is 30.0. The maximum atomic E-state index is 10.7. The number of benzene rings is 1. The lowest BCUT2D eigenvalue weighted by atomic mass is 10.1. The predicted octanol–water partition coefficient (Wildman–Crippen LogP) is 2.97. The largest absolute Gasteiger partial charge is 0.264 e. The Morgan fingerprint density at radius 2 is 2.07 bits per heavy atom. The summed E-state index contributed by atoms with van der Waals surface area (Å²) < 4.78 is 1.00. The molecule has 0 N–H and O–H groups in total. The molecular formula is C10H10BrNO2.